The number of hydrogen-bond donors (Lipinski definition) is 2. The predicted octanol–water partition coefficient (Wildman–Crippen LogP) is 6.53. The smallest absolute Gasteiger partial charge is 0.341 e. The van der Waals surface area contributed by atoms with Crippen molar-refractivity contribution < 1.29 is 23.9 Å². The maximum Gasteiger partial charge on any atom is 0.341 e. The summed E-state index contributed by atoms with van der Waals surface area (Å²) in [4.78, 5) is 39.3. The van der Waals surface area contributed by atoms with Crippen LogP contribution < -0.4 is 15.5 Å². The third-order valence-electron chi connectivity index (χ3n) is 6.35. The zero-order chi connectivity index (χ0) is 28.8. The first kappa shape index (κ1) is 29.6. The van der Waals surface area contributed by atoms with E-state index in [4.69, 9.17) is 32.7 Å². The van der Waals surface area contributed by atoms with E-state index < -0.39 is 18.0 Å². The van der Waals surface area contributed by atoms with E-state index in [0.29, 0.717) is 43.4 Å². The van der Waals surface area contributed by atoms with E-state index in [0.717, 1.165) is 29.7 Å². The molecule has 0 aliphatic heterocycles. The van der Waals surface area contributed by atoms with Gasteiger partial charge >= 0.3 is 5.97 Å². The van der Waals surface area contributed by atoms with Crippen LogP contribution in [0.3, 0.4) is 0 Å². The number of carbonyl (C=O) groups excluding carboxylic acids is 3. The molecule has 8 nitrogen and oxygen atoms in total. The van der Waals surface area contributed by atoms with Gasteiger partial charge in [-0.3, -0.25) is 9.59 Å². The molecule has 0 unspecified atom stereocenters. The molecule has 40 heavy (non-hydrogen) atoms. The lowest BCUT2D eigenvalue weighted by molar-refractivity contribution is -0.127. The minimum atomic E-state index is -0.849. The summed E-state index contributed by atoms with van der Waals surface area (Å²) in [6.45, 7) is 5.79. The van der Waals surface area contributed by atoms with Crippen molar-refractivity contribution in [3.63, 3.8) is 0 Å². The van der Waals surface area contributed by atoms with Gasteiger partial charge in [0.15, 0.2) is 6.10 Å². The second kappa shape index (κ2) is 13.3. The predicted molar refractivity (Wildman–Crippen MR) is 158 cm³/mol. The molecular weight excluding hydrogens is 573 g/mol. The Bertz CT molecular complexity index is 1440. The Kier molecular flexibility index (Phi) is 9.84. The zero-order valence-electron chi connectivity index (χ0n) is 22.3. The van der Waals surface area contributed by atoms with Gasteiger partial charge < -0.3 is 14.8 Å². The maximum atomic E-state index is 13.0. The van der Waals surface area contributed by atoms with Gasteiger partial charge in [0.1, 0.15) is 10.8 Å². The average molecular weight is 603 g/mol. The third kappa shape index (κ3) is 7.21. The number of halogens is 2. The zero-order valence-corrected chi connectivity index (χ0v) is 24.6. The van der Waals surface area contributed by atoms with Crippen molar-refractivity contribution in [3.05, 3.63) is 79.6 Å². The van der Waals surface area contributed by atoms with Crippen LogP contribution in [0.25, 0.3) is 0 Å². The van der Waals surface area contributed by atoms with Gasteiger partial charge in [-0.2, -0.15) is 5.10 Å². The van der Waals surface area contributed by atoms with Crippen LogP contribution in [0.15, 0.2) is 47.6 Å². The molecule has 3 aromatic rings. The van der Waals surface area contributed by atoms with Crippen LogP contribution >= 0.6 is 34.5 Å². The fraction of sp³-hybridized carbons (Fsp3) is 0.310. The first-order chi connectivity index (χ1) is 19.2. The lowest BCUT2D eigenvalue weighted by atomic mass is 9.88. The molecule has 0 saturated carbocycles. The Morgan fingerprint density at radius 1 is 1.15 bits per heavy atom. The van der Waals surface area contributed by atoms with E-state index in [1.165, 1.54) is 17.6 Å². The Hall–Kier alpha value is -3.40. The highest BCUT2D eigenvalue weighted by Crippen LogP contribution is 2.40. The van der Waals surface area contributed by atoms with Gasteiger partial charge in [0.2, 0.25) is 0 Å². The van der Waals surface area contributed by atoms with Gasteiger partial charge in [-0.05, 0) is 86.6 Å². The van der Waals surface area contributed by atoms with Crippen LogP contribution in [0.1, 0.15) is 63.9 Å². The van der Waals surface area contributed by atoms with Crippen LogP contribution in [0.4, 0.5) is 5.00 Å². The molecule has 210 valence electrons. The van der Waals surface area contributed by atoms with Crippen molar-refractivity contribution in [2.24, 2.45) is 11.0 Å². The summed E-state index contributed by atoms with van der Waals surface area (Å²) >= 11 is 13.3. The summed E-state index contributed by atoms with van der Waals surface area (Å²) in [5.41, 5.74) is 4.91. The van der Waals surface area contributed by atoms with E-state index in [1.54, 1.807) is 56.3 Å². The molecule has 2 amide bonds. The third-order valence-corrected chi connectivity index (χ3v) is 8.26. The number of esters is 1. The molecular formula is C29H29Cl2N3O5S. The quantitative estimate of drug-likeness (QED) is 0.165. The van der Waals surface area contributed by atoms with Crippen molar-refractivity contribution in [2.75, 3.05) is 11.9 Å². The number of hydrazone groups is 1. The molecule has 4 rings (SSSR count). The van der Waals surface area contributed by atoms with Gasteiger partial charge in [0, 0.05) is 10.4 Å². The lowest BCUT2D eigenvalue weighted by Gasteiger charge is -2.18. The SMILES string of the molecule is CCOC(=O)c1c(NC(=O)c2ccc(O[C@@H](C)C(=O)N/N=C\c3ccc(Cl)c(Cl)c3)cc2)sc2c1CC[C@@H](C)C2. The van der Waals surface area contributed by atoms with E-state index in [9.17, 15) is 14.4 Å². The van der Waals surface area contributed by atoms with Crippen molar-refractivity contribution >= 4 is 63.5 Å². The summed E-state index contributed by atoms with van der Waals surface area (Å²) < 4.78 is 11.0. The minimum Gasteiger partial charge on any atom is -0.481 e. The second-order valence-corrected chi connectivity index (χ2v) is 11.3. The Morgan fingerprint density at radius 3 is 2.60 bits per heavy atom. The molecule has 1 heterocycles. The number of thiophene rings is 1. The van der Waals surface area contributed by atoms with E-state index in [2.05, 4.69) is 22.8 Å². The number of fused-ring (bicyclic) bond motifs is 1. The first-order valence-electron chi connectivity index (χ1n) is 12.8. The van der Waals surface area contributed by atoms with Crippen molar-refractivity contribution in [1.29, 1.82) is 0 Å². The number of nitrogens with one attached hydrogen (secondary N) is 2. The monoisotopic (exact) mass is 601 g/mol. The van der Waals surface area contributed by atoms with E-state index in [-0.39, 0.29) is 12.5 Å². The van der Waals surface area contributed by atoms with Crippen LogP contribution in [-0.2, 0) is 22.4 Å². The highest BCUT2D eigenvalue weighted by molar-refractivity contribution is 7.17. The normalized spacial score (nSPS) is 15.3. The average Bonchev–Trinajstić information content (AvgIpc) is 3.27. The molecule has 0 bridgehead atoms. The number of benzene rings is 2. The van der Waals surface area contributed by atoms with E-state index in [1.807, 2.05) is 0 Å². The topological polar surface area (TPSA) is 106 Å². The Labute approximate surface area is 246 Å². The number of rotatable bonds is 9. The maximum absolute atomic E-state index is 13.0. The van der Waals surface area contributed by atoms with Crippen LogP contribution in [0.2, 0.25) is 10.0 Å². The van der Waals surface area contributed by atoms with Crippen LogP contribution in [-0.4, -0.2) is 36.7 Å². The van der Waals surface area contributed by atoms with Gasteiger partial charge in [-0.15, -0.1) is 11.3 Å². The van der Waals surface area contributed by atoms with Crippen molar-refractivity contribution in [3.8, 4) is 5.75 Å². The Morgan fingerprint density at radius 2 is 1.90 bits per heavy atom. The summed E-state index contributed by atoms with van der Waals surface area (Å²) in [7, 11) is 0. The lowest BCUT2D eigenvalue weighted by Crippen LogP contribution is -2.33. The second-order valence-electron chi connectivity index (χ2n) is 9.42. The number of carbonyl (C=O) groups is 3. The molecule has 11 heteroatoms. The molecule has 0 spiro atoms. The summed E-state index contributed by atoms with van der Waals surface area (Å²) in [6, 6.07) is 11.4. The molecule has 2 N–H and O–H groups in total. The fourth-order valence-electron chi connectivity index (χ4n) is 4.23. The van der Waals surface area contributed by atoms with Gasteiger partial charge in [0.05, 0.1) is 28.4 Å². The molecule has 0 radical (unpaired) electrons. The Balaban J connectivity index is 1.37. The number of hydrogen-bond acceptors (Lipinski definition) is 7. The minimum absolute atomic E-state index is 0.259. The van der Waals surface area contributed by atoms with Gasteiger partial charge in [-0.25, -0.2) is 10.2 Å². The van der Waals surface area contributed by atoms with Gasteiger partial charge in [0.25, 0.3) is 11.8 Å². The number of amides is 2. The molecule has 1 aliphatic rings. The highest BCUT2D eigenvalue weighted by Gasteiger charge is 2.29. The molecule has 0 saturated heterocycles. The molecule has 2 atom stereocenters. The largest absolute Gasteiger partial charge is 0.481 e. The number of ether oxygens (including phenoxy) is 2. The van der Waals surface area contributed by atoms with Crippen molar-refractivity contribution in [1.82, 2.24) is 5.43 Å². The molecule has 2 aromatic carbocycles. The van der Waals surface area contributed by atoms with Crippen molar-refractivity contribution in [2.45, 2.75) is 46.1 Å². The van der Waals surface area contributed by atoms with Gasteiger partial charge in [-0.1, -0.05) is 36.2 Å². The van der Waals surface area contributed by atoms with E-state index >= 15 is 0 Å². The number of nitrogens with zero attached hydrogens (tertiary/aromatic N) is 1. The fourth-order valence-corrected chi connectivity index (χ4v) is 5.93. The molecule has 1 aliphatic carbocycles. The standard InChI is InChI=1S/C29H29Cl2N3O5S/c1-4-38-29(37)25-21-11-5-16(2)13-24(21)40-28(25)33-27(36)19-7-9-20(10-8-19)39-17(3)26(35)34-32-15-18-6-12-22(30)23(31)14-18/h6-10,12,14-17H,4-5,11,13H2,1-3H3,(H,33,36)(H,34,35)/b32-15-/t16-,17+/m1/s1. The van der Waals surface area contributed by atoms with Crippen LogP contribution in [0.5, 0.6) is 5.75 Å². The van der Waals surface area contributed by atoms with Crippen LogP contribution in [0, 0.1) is 5.92 Å². The highest BCUT2D eigenvalue weighted by atomic mass is 35.5. The number of anilines is 1. The summed E-state index contributed by atoms with van der Waals surface area (Å²) in [5, 5.41) is 8.14. The summed E-state index contributed by atoms with van der Waals surface area (Å²) in [5.74, 6) is -0.300. The summed E-state index contributed by atoms with van der Waals surface area (Å²) in [6.07, 6.45) is 3.25. The first-order valence-corrected chi connectivity index (χ1v) is 14.4. The molecule has 0 fully saturated rings. The molecule has 1 aromatic heterocycles.